The van der Waals surface area contributed by atoms with Gasteiger partial charge in [-0.3, -0.25) is 4.79 Å². The van der Waals surface area contributed by atoms with E-state index in [1.54, 1.807) is 7.11 Å². The fourth-order valence-electron chi connectivity index (χ4n) is 3.63. The van der Waals surface area contributed by atoms with Crippen molar-refractivity contribution >= 4 is 11.6 Å². The van der Waals surface area contributed by atoms with Crippen LogP contribution in [0.2, 0.25) is 0 Å². The number of anilines is 1. The molecule has 2 aromatic rings. The molecular formula is C20H22N2O3. The third-order valence-electron chi connectivity index (χ3n) is 4.88. The van der Waals surface area contributed by atoms with Gasteiger partial charge in [-0.15, -0.1) is 0 Å². The van der Waals surface area contributed by atoms with Gasteiger partial charge in [0.25, 0.3) is 5.91 Å². The molecule has 0 spiro atoms. The number of carbonyl (C=O) groups is 1. The molecule has 1 fully saturated rings. The lowest BCUT2D eigenvalue weighted by molar-refractivity contribution is 0.0424. The quantitative estimate of drug-likeness (QED) is 0.928. The molecule has 130 valence electrons. The number of carbonyl (C=O) groups excluding carboxylic acids is 1. The van der Waals surface area contributed by atoms with Crippen LogP contribution in [0.1, 0.15) is 34.9 Å². The van der Waals surface area contributed by atoms with Crippen molar-refractivity contribution in [2.24, 2.45) is 0 Å². The zero-order valence-electron chi connectivity index (χ0n) is 14.3. The fraction of sp³-hybridized carbons (Fsp3) is 0.350. The van der Waals surface area contributed by atoms with Gasteiger partial charge in [0.2, 0.25) is 0 Å². The second kappa shape index (κ2) is 6.76. The number of benzene rings is 2. The highest BCUT2D eigenvalue weighted by atomic mass is 16.5. The Balaban J connectivity index is 1.74. The van der Waals surface area contributed by atoms with E-state index in [9.17, 15) is 4.79 Å². The lowest BCUT2D eigenvalue weighted by Crippen LogP contribution is -2.46. The number of ether oxygens (including phenoxy) is 2. The van der Waals surface area contributed by atoms with E-state index in [1.807, 2.05) is 53.4 Å². The topological polar surface area (TPSA) is 50.8 Å². The van der Waals surface area contributed by atoms with E-state index in [2.05, 4.69) is 5.32 Å². The average Bonchev–Trinajstić information content (AvgIpc) is 3.17. The average molecular weight is 338 g/mol. The van der Waals surface area contributed by atoms with E-state index in [0.717, 1.165) is 36.4 Å². The molecule has 0 aliphatic carbocycles. The van der Waals surface area contributed by atoms with Gasteiger partial charge < -0.3 is 19.7 Å². The molecule has 4 rings (SSSR count). The molecule has 1 amide bonds. The van der Waals surface area contributed by atoms with Crippen molar-refractivity contribution in [1.82, 2.24) is 4.90 Å². The number of hydrogen-bond donors (Lipinski definition) is 1. The molecule has 1 saturated heterocycles. The van der Waals surface area contributed by atoms with Crippen LogP contribution < -0.4 is 10.1 Å². The van der Waals surface area contributed by atoms with Gasteiger partial charge in [-0.1, -0.05) is 30.3 Å². The summed E-state index contributed by atoms with van der Waals surface area (Å²) < 4.78 is 11.3. The number of nitrogens with one attached hydrogen (secondary N) is 1. The highest BCUT2D eigenvalue weighted by Gasteiger charge is 2.36. The molecule has 0 radical (unpaired) electrons. The number of rotatable bonds is 4. The van der Waals surface area contributed by atoms with Crippen LogP contribution in [-0.2, 0) is 4.74 Å². The van der Waals surface area contributed by atoms with Gasteiger partial charge in [-0.2, -0.15) is 0 Å². The summed E-state index contributed by atoms with van der Waals surface area (Å²) in [7, 11) is 1.65. The number of para-hydroxylation sites is 2. The third-order valence-corrected chi connectivity index (χ3v) is 4.88. The molecule has 5 heteroatoms. The van der Waals surface area contributed by atoms with Gasteiger partial charge in [0, 0.05) is 24.4 Å². The molecule has 2 aliphatic rings. The summed E-state index contributed by atoms with van der Waals surface area (Å²) in [6.45, 7) is 1.35. The van der Waals surface area contributed by atoms with Crippen molar-refractivity contribution < 1.29 is 14.3 Å². The first kappa shape index (κ1) is 16.0. The van der Waals surface area contributed by atoms with Crippen molar-refractivity contribution in [3.8, 4) is 5.75 Å². The summed E-state index contributed by atoms with van der Waals surface area (Å²) in [6.07, 6.45) is 1.86. The molecule has 0 unspecified atom stereocenters. The molecule has 25 heavy (non-hydrogen) atoms. The maximum Gasteiger partial charge on any atom is 0.257 e. The highest BCUT2D eigenvalue weighted by molar-refractivity contribution is 6.01. The van der Waals surface area contributed by atoms with Crippen LogP contribution >= 0.6 is 0 Å². The number of methoxy groups -OCH3 is 1. The number of fused-ring (bicyclic) bond motifs is 1. The SMILES string of the molecule is COc1ccccc1[C@@H]1Nc2ccccc2C(=O)N1C[C@H]1CCCO1. The van der Waals surface area contributed by atoms with E-state index in [1.165, 1.54) is 0 Å². The molecule has 2 aliphatic heterocycles. The monoisotopic (exact) mass is 338 g/mol. The third kappa shape index (κ3) is 2.96. The standard InChI is InChI=1S/C20H22N2O3/c1-24-18-11-5-3-9-16(18)19-21-17-10-4-2-8-15(17)20(23)22(19)13-14-7-6-12-25-14/h2-5,8-11,14,19,21H,6-7,12-13H2,1H3/t14-,19-/m1/s1. The van der Waals surface area contributed by atoms with Crippen LogP contribution in [0.25, 0.3) is 0 Å². The smallest absolute Gasteiger partial charge is 0.257 e. The van der Waals surface area contributed by atoms with Crippen LogP contribution in [0.5, 0.6) is 5.75 Å². The minimum atomic E-state index is -0.275. The lowest BCUT2D eigenvalue weighted by Gasteiger charge is -2.39. The van der Waals surface area contributed by atoms with E-state index >= 15 is 0 Å². The fourth-order valence-corrected chi connectivity index (χ4v) is 3.63. The summed E-state index contributed by atoms with van der Waals surface area (Å²) in [4.78, 5) is 15.0. The Hall–Kier alpha value is -2.53. The molecule has 1 N–H and O–H groups in total. The predicted molar refractivity (Wildman–Crippen MR) is 95.8 cm³/mol. The van der Waals surface area contributed by atoms with Crippen LogP contribution in [0, 0.1) is 0 Å². The molecule has 5 nitrogen and oxygen atoms in total. The van der Waals surface area contributed by atoms with E-state index < -0.39 is 0 Å². The van der Waals surface area contributed by atoms with Crippen molar-refractivity contribution in [2.45, 2.75) is 25.1 Å². The van der Waals surface area contributed by atoms with E-state index in [0.29, 0.717) is 12.1 Å². The van der Waals surface area contributed by atoms with Gasteiger partial charge in [0.15, 0.2) is 0 Å². The summed E-state index contributed by atoms with van der Waals surface area (Å²) in [5, 5.41) is 3.51. The van der Waals surface area contributed by atoms with Gasteiger partial charge in [-0.05, 0) is 31.0 Å². The minimum Gasteiger partial charge on any atom is -0.496 e. The number of hydrogen-bond acceptors (Lipinski definition) is 4. The van der Waals surface area contributed by atoms with Gasteiger partial charge in [0.1, 0.15) is 11.9 Å². The summed E-state index contributed by atoms with van der Waals surface area (Å²) >= 11 is 0. The summed E-state index contributed by atoms with van der Waals surface area (Å²) in [5.74, 6) is 0.797. The first-order valence-corrected chi connectivity index (χ1v) is 8.69. The Morgan fingerprint density at radius 2 is 2.00 bits per heavy atom. The Bertz CT molecular complexity index is 771. The molecule has 2 atom stereocenters. The summed E-state index contributed by atoms with van der Waals surface area (Å²) in [6, 6.07) is 15.5. The molecule has 0 bridgehead atoms. The summed E-state index contributed by atoms with van der Waals surface area (Å²) in [5.41, 5.74) is 2.50. The zero-order chi connectivity index (χ0) is 17.2. The lowest BCUT2D eigenvalue weighted by atomic mass is 10.0. The number of amides is 1. The minimum absolute atomic E-state index is 0.0285. The van der Waals surface area contributed by atoms with Crippen LogP contribution in [0.15, 0.2) is 48.5 Å². The second-order valence-electron chi connectivity index (χ2n) is 6.43. The Morgan fingerprint density at radius 3 is 2.80 bits per heavy atom. The van der Waals surface area contributed by atoms with Crippen molar-refractivity contribution in [3.05, 3.63) is 59.7 Å². The van der Waals surface area contributed by atoms with Crippen molar-refractivity contribution in [3.63, 3.8) is 0 Å². The predicted octanol–water partition coefficient (Wildman–Crippen LogP) is 3.44. The van der Waals surface area contributed by atoms with E-state index in [-0.39, 0.29) is 18.2 Å². The maximum absolute atomic E-state index is 13.2. The van der Waals surface area contributed by atoms with Crippen molar-refractivity contribution in [2.75, 3.05) is 25.6 Å². The molecule has 0 saturated carbocycles. The van der Waals surface area contributed by atoms with Gasteiger partial charge in [-0.25, -0.2) is 0 Å². The largest absolute Gasteiger partial charge is 0.496 e. The van der Waals surface area contributed by atoms with Crippen LogP contribution in [0.3, 0.4) is 0 Å². The Morgan fingerprint density at radius 1 is 1.20 bits per heavy atom. The normalized spacial score (nSPS) is 22.4. The number of nitrogens with zero attached hydrogens (tertiary/aromatic N) is 1. The van der Waals surface area contributed by atoms with Crippen LogP contribution in [0.4, 0.5) is 5.69 Å². The molecule has 2 aromatic carbocycles. The zero-order valence-corrected chi connectivity index (χ0v) is 14.3. The molecule has 2 heterocycles. The first-order valence-electron chi connectivity index (χ1n) is 8.69. The van der Waals surface area contributed by atoms with Gasteiger partial charge in [0.05, 0.1) is 18.8 Å². The maximum atomic E-state index is 13.2. The van der Waals surface area contributed by atoms with Crippen molar-refractivity contribution in [1.29, 1.82) is 0 Å². The Kier molecular flexibility index (Phi) is 4.32. The second-order valence-corrected chi connectivity index (χ2v) is 6.43. The highest BCUT2D eigenvalue weighted by Crippen LogP contribution is 2.37. The van der Waals surface area contributed by atoms with Crippen LogP contribution in [-0.4, -0.2) is 37.2 Å². The van der Waals surface area contributed by atoms with Gasteiger partial charge >= 0.3 is 0 Å². The molecular weight excluding hydrogens is 316 g/mol. The first-order chi connectivity index (χ1) is 12.3. The van der Waals surface area contributed by atoms with E-state index in [4.69, 9.17) is 9.47 Å². The molecule has 0 aromatic heterocycles. The Labute approximate surface area is 147 Å².